The first-order valence-corrected chi connectivity index (χ1v) is 5.51. The van der Waals surface area contributed by atoms with E-state index in [0.29, 0.717) is 16.7 Å². The van der Waals surface area contributed by atoms with E-state index in [2.05, 4.69) is 4.74 Å². The summed E-state index contributed by atoms with van der Waals surface area (Å²) in [5.74, 6) is 0.600. The molecule has 0 unspecified atom stereocenters. The Morgan fingerprint density at radius 1 is 1.18 bits per heavy atom. The second-order valence-corrected chi connectivity index (χ2v) is 3.72. The topological polar surface area (TPSA) is 18.5 Å². The van der Waals surface area contributed by atoms with Crippen LogP contribution in [0.2, 0.25) is 5.02 Å². The average molecular weight is 289 g/mol. The third-order valence-corrected chi connectivity index (χ3v) is 2.36. The van der Waals surface area contributed by atoms with E-state index in [4.69, 9.17) is 27.9 Å². The third kappa shape index (κ3) is 5.48. The molecule has 0 N–H and O–H groups in total. The Kier molecular flexibility index (Phi) is 5.36. The van der Waals surface area contributed by atoms with Gasteiger partial charge in [-0.15, -0.1) is 24.8 Å². The standard InChI is InChI=1S/C10H9Cl2F3O2/c11-6-7-1-2-9(8(12)5-7)16-3-4-17-10(13,14)15/h1-2,5H,3-4,6H2. The van der Waals surface area contributed by atoms with Crippen molar-refractivity contribution in [3.8, 4) is 5.75 Å². The lowest BCUT2D eigenvalue weighted by molar-refractivity contribution is -0.325. The fraction of sp³-hybridized carbons (Fsp3) is 0.400. The molecule has 0 heterocycles. The van der Waals surface area contributed by atoms with Crippen molar-refractivity contribution in [1.29, 1.82) is 0 Å². The van der Waals surface area contributed by atoms with E-state index in [1.165, 1.54) is 0 Å². The summed E-state index contributed by atoms with van der Waals surface area (Å²) in [7, 11) is 0. The summed E-state index contributed by atoms with van der Waals surface area (Å²) in [5.41, 5.74) is 0.801. The summed E-state index contributed by atoms with van der Waals surface area (Å²) in [6, 6.07) is 4.82. The maximum Gasteiger partial charge on any atom is 0.522 e. The minimum Gasteiger partial charge on any atom is -0.490 e. The van der Waals surface area contributed by atoms with Gasteiger partial charge in [-0.3, -0.25) is 4.74 Å². The zero-order valence-corrected chi connectivity index (χ0v) is 10.1. The van der Waals surface area contributed by atoms with Crippen molar-refractivity contribution in [2.75, 3.05) is 13.2 Å². The molecule has 1 rings (SSSR count). The van der Waals surface area contributed by atoms with E-state index in [1.54, 1.807) is 18.2 Å². The minimum absolute atomic E-state index is 0.237. The highest BCUT2D eigenvalue weighted by Gasteiger charge is 2.28. The molecule has 0 aliphatic rings. The van der Waals surface area contributed by atoms with Gasteiger partial charge in [0.2, 0.25) is 0 Å². The summed E-state index contributed by atoms with van der Waals surface area (Å²) in [6.07, 6.45) is -4.64. The summed E-state index contributed by atoms with van der Waals surface area (Å²) in [5, 5.41) is 0.301. The zero-order chi connectivity index (χ0) is 12.9. The number of hydrogen-bond donors (Lipinski definition) is 0. The number of alkyl halides is 4. The monoisotopic (exact) mass is 288 g/mol. The first kappa shape index (κ1) is 14.4. The Hall–Kier alpha value is -0.650. The first-order valence-electron chi connectivity index (χ1n) is 4.60. The highest BCUT2D eigenvalue weighted by molar-refractivity contribution is 6.32. The minimum atomic E-state index is -4.64. The average Bonchev–Trinajstić information content (AvgIpc) is 2.24. The van der Waals surface area contributed by atoms with Gasteiger partial charge in [0.15, 0.2) is 0 Å². The van der Waals surface area contributed by atoms with Crippen molar-refractivity contribution in [3.05, 3.63) is 28.8 Å². The second kappa shape index (κ2) is 6.33. The van der Waals surface area contributed by atoms with Crippen LogP contribution in [0.25, 0.3) is 0 Å². The van der Waals surface area contributed by atoms with E-state index in [1.807, 2.05) is 0 Å². The van der Waals surface area contributed by atoms with Crippen molar-refractivity contribution in [2.24, 2.45) is 0 Å². The molecule has 7 heteroatoms. The SMILES string of the molecule is FC(F)(F)OCCOc1ccc(CCl)cc1Cl. The van der Waals surface area contributed by atoms with Gasteiger partial charge >= 0.3 is 6.36 Å². The first-order chi connectivity index (χ1) is 7.92. The fourth-order valence-electron chi connectivity index (χ4n) is 1.05. The van der Waals surface area contributed by atoms with Gasteiger partial charge in [-0.1, -0.05) is 17.7 Å². The van der Waals surface area contributed by atoms with Gasteiger partial charge in [0.25, 0.3) is 0 Å². The summed E-state index contributed by atoms with van der Waals surface area (Å²) >= 11 is 11.4. The molecule has 0 bridgehead atoms. The van der Waals surface area contributed by atoms with Crippen LogP contribution in [-0.4, -0.2) is 19.6 Å². The Morgan fingerprint density at radius 3 is 2.41 bits per heavy atom. The predicted octanol–water partition coefficient (Wildman–Crippen LogP) is 3.99. The molecule has 0 saturated carbocycles. The number of rotatable bonds is 5. The van der Waals surface area contributed by atoms with Gasteiger partial charge in [-0.2, -0.15) is 0 Å². The molecular formula is C10H9Cl2F3O2. The molecule has 0 amide bonds. The normalized spacial score (nSPS) is 11.6. The Labute approximate surface area is 106 Å². The van der Waals surface area contributed by atoms with Crippen molar-refractivity contribution in [2.45, 2.75) is 12.2 Å². The lowest BCUT2D eigenvalue weighted by atomic mass is 10.2. The molecule has 96 valence electrons. The van der Waals surface area contributed by atoms with Crippen molar-refractivity contribution >= 4 is 23.2 Å². The smallest absolute Gasteiger partial charge is 0.490 e. The van der Waals surface area contributed by atoms with Crippen LogP contribution < -0.4 is 4.74 Å². The molecule has 0 aliphatic carbocycles. The van der Waals surface area contributed by atoms with Gasteiger partial charge < -0.3 is 4.74 Å². The van der Waals surface area contributed by atoms with E-state index in [9.17, 15) is 13.2 Å². The van der Waals surface area contributed by atoms with Crippen molar-refractivity contribution < 1.29 is 22.6 Å². The second-order valence-electron chi connectivity index (χ2n) is 3.04. The Bertz CT molecular complexity index is 369. The predicted molar refractivity (Wildman–Crippen MR) is 58.5 cm³/mol. The molecule has 0 aliphatic heterocycles. The lowest BCUT2D eigenvalue weighted by Gasteiger charge is -2.10. The van der Waals surface area contributed by atoms with Gasteiger partial charge in [0, 0.05) is 5.88 Å². The molecule has 0 radical (unpaired) electrons. The molecule has 17 heavy (non-hydrogen) atoms. The number of ether oxygens (including phenoxy) is 2. The lowest BCUT2D eigenvalue weighted by Crippen LogP contribution is -2.18. The highest BCUT2D eigenvalue weighted by atomic mass is 35.5. The maximum absolute atomic E-state index is 11.6. The number of benzene rings is 1. The van der Waals surface area contributed by atoms with E-state index in [0.717, 1.165) is 5.56 Å². The largest absolute Gasteiger partial charge is 0.522 e. The van der Waals surface area contributed by atoms with Crippen molar-refractivity contribution in [3.63, 3.8) is 0 Å². The van der Waals surface area contributed by atoms with Gasteiger partial charge in [-0.05, 0) is 17.7 Å². The van der Waals surface area contributed by atoms with Crippen LogP contribution in [0.1, 0.15) is 5.56 Å². The molecule has 1 aromatic rings. The zero-order valence-electron chi connectivity index (χ0n) is 8.56. The molecule has 0 spiro atoms. The highest BCUT2D eigenvalue weighted by Crippen LogP contribution is 2.26. The van der Waals surface area contributed by atoms with Gasteiger partial charge in [0.05, 0.1) is 11.6 Å². The number of hydrogen-bond acceptors (Lipinski definition) is 2. The van der Waals surface area contributed by atoms with Crippen LogP contribution >= 0.6 is 23.2 Å². The fourth-order valence-corrected chi connectivity index (χ4v) is 1.48. The van der Waals surface area contributed by atoms with Crippen LogP contribution in [0.3, 0.4) is 0 Å². The van der Waals surface area contributed by atoms with Crippen LogP contribution in [0.4, 0.5) is 13.2 Å². The van der Waals surface area contributed by atoms with E-state index in [-0.39, 0.29) is 6.61 Å². The molecule has 0 aromatic heterocycles. The van der Waals surface area contributed by atoms with Crippen LogP contribution in [0.15, 0.2) is 18.2 Å². The van der Waals surface area contributed by atoms with Gasteiger partial charge in [0.1, 0.15) is 12.4 Å². The van der Waals surface area contributed by atoms with Crippen LogP contribution in [0, 0.1) is 0 Å². The molecule has 2 nitrogen and oxygen atoms in total. The summed E-state index contributed by atoms with van der Waals surface area (Å²) < 4.78 is 43.5. The molecule has 1 aromatic carbocycles. The van der Waals surface area contributed by atoms with Crippen LogP contribution in [-0.2, 0) is 10.6 Å². The third-order valence-electron chi connectivity index (χ3n) is 1.76. The van der Waals surface area contributed by atoms with Crippen LogP contribution in [0.5, 0.6) is 5.75 Å². The Balaban J connectivity index is 2.42. The summed E-state index contributed by atoms with van der Waals surface area (Å²) in [6.45, 7) is -0.823. The molecular weight excluding hydrogens is 280 g/mol. The van der Waals surface area contributed by atoms with E-state index < -0.39 is 13.0 Å². The molecule has 0 saturated heterocycles. The molecule has 0 fully saturated rings. The van der Waals surface area contributed by atoms with Crippen molar-refractivity contribution in [1.82, 2.24) is 0 Å². The Morgan fingerprint density at radius 2 is 1.88 bits per heavy atom. The molecule has 0 atom stereocenters. The quantitative estimate of drug-likeness (QED) is 0.602. The van der Waals surface area contributed by atoms with Gasteiger partial charge in [-0.25, -0.2) is 0 Å². The number of halogens is 5. The summed E-state index contributed by atoms with van der Waals surface area (Å²) in [4.78, 5) is 0. The van der Waals surface area contributed by atoms with E-state index >= 15 is 0 Å². The maximum atomic E-state index is 11.6.